The predicted octanol–water partition coefficient (Wildman–Crippen LogP) is 0.313. The monoisotopic (exact) mass is 462 g/mol. The van der Waals surface area contributed by atoms with Gasteiger partial charge in [0, 0.05) is 31.9 Å². The number of likely N-dealkylation sites (N-methyl/N-ethyl adjacent to an activating group) is 1. The summed E-state index contributed by atoms with van der Waals surface area (Å²) in [4.78, 5) is 6.78. The van der Waals surface area contributed by atoms with Crippen molar-refractivity contribution in [3.63, 3.8) is 0 Å². The lowest BCUT2D eigenvalue weighted by molar-refractivity contribution is -0.0136. The van der Waals surface area contributed by atoms with Gasteiger partial charge < -0.3 is 20.3 Å². The van der Waals surface area contributed by atoms with Gasteiger partial charge in [0.1, 0.15) is 9.84 Å². The Morgan fingerprint density at radius 3 is 2.74 bits per heavy atom. The van der Waals surface area contributed by atoms with Crippen molar-refractivity contribution in [2.24, 2.45) is 4.99 Å². The molecule has 138 valence electrons. The van der Waals surface area contributed by atoms with Crippen LogP contribution in [0, 0.1) is 0 Å². The molecule has 1 fully saturated rings. The third-order valence-corrected chi connectivity index (χ3v) is 4.42. The molecule has 1 aliphatic rings. The molecule has 0 saturated carbocycles. The van der Waals surface area contributed by atoms with Crippen LogP contribution in [0.15, 0.2) is 4.99 Å². The van der Waals surface area contributed by atoms with Crippen LogP contribution in [0.1, 0.15) is 20.3 Å². The van der Waals surface area contributed by atoms with Crippen LogP contribution in [0.25, 0.3) is 0 Å². The Morgan fingerprint density at radius 2 is 2.17 bits per heavy atom. The second-order valence-corrected chi connectivity index (χ2v) is 8.20. The van der Waals surface area contributed by atoms with E-state index < -0.39 is 9.84 Å². The van der Waals surface area contributed by atoms with E-state index in [1.165, 1.54) is 6.26 Å². The number of nitrogens with one attached hydrogen (secondary N) is 2. The summed E-state index contributed by atoms with van der Waals surface area (Å²) in [7, 11) is -0.849. The Hall–Kier alpha value is -0.130. The third-order valence-electron chi connectivity index (χ3n) is 3.44. The molecule has 1 aliphatic heterocycles. The molecule has 0 aromatic heterocycles. The van der Waals surface area contributed by atoms with Gasteiger partial charge >= 0.3 is 0 Å². The first-order chi connectivity index (χ1) is 10.3. The van der Waals surface area contributed by atoms with Gasteiger partial charge in [0.05, 0.1) is 25.0 Å². The van der Waals surface area contributed by atoms with Gasteiger partial charge in [-0.3, -0.25) is 4.99 Å². The molecule has 1 rings (SSSR count). The van der Waals surface area contributed by atoms with E-state index in [0.717, 1.165) is 26.2 Å². The van der Waals surface area contributed by atoms with Crippen LogP contribution in [0.4, 0.5) is 0 Å². The largest absolute Gasteiger partial charge is 0.374 e. The Bertz CT molecular complexity index is 459. The summed E-state index contributed by atoms with van der Waals surface area (Å²) in [6.07, 6.45) is 1.93. The van der Waals surface area contributed by atoms with Gasteiger partial charge in [0.2, 0.25) is 0 Å². The molecule has 23 heavy (non-hydrogen) atoms. The normalized spacial score (nSPS) is 21.4. The Balaban J connectivity index is 0.00000484. The second-order valence-electron chi connectivity index (χ2n) is 5.94. The number of hydrogen-bond donors (Lipinski definition) is 2. The molecular formula is C14H31IN4O3S. The molecule has 0 aromatic carbocycles. The number of sulfone groups is 1. The number of guanidine groups is 1. The van der Waals surface area contributed by atoms with Gasteiger partial charge in [-0.15, -0.1) is 24.0 Å². The van der Waals surface area contributed by atoms with Gasteiger partial charge in [-0.25, -0.2) is 8.42 Å². The standard InChI is InChI=1S/C14H30N4O3S.HI/c1-5-15-14(17-12(2)6-9-22(4,19)20)16-10-13-11-18(3)7-8-21-13;/h12-13H,5-11H2,1-4H3,(H2,15,16,17);1H. The highest BCUT2D eigenvalue weighted by Gasteiger charge is 2.17. The fraction of sp³-hybridized carbons (Fsp3) is 0.929. The van der Waals surface area contributed by atoms with Crippen LogP contribution in [-0.2, 0) is 14.6 Å². The van der Waals surface area contributed by atoms with E-state index in [2.05, 4.69) is 27.6 Å². The van der Waals surface area contributed by atoms with Gasteiger partial charge in [0.25, 0.3) is 0 Å². The Kier molecular flexibility index (Phi) is 11.4. The highest BCUT2D eigenvalue weighted by Crippen LogP contribution is 2.03. The molecule has 1 heterocycles. The first-order valence-corrected chi connectivity index (χ1v) is 9.89. The summed E-state index contributed by atoms with van der Waals surface area (Å²) >= 11 is 0. The van der Waals surface area contributed by atoms with E-state index in [1.54, 1.807) is 0 Å². The molecule has 2 N–H and O–H groups in total. The lowest BCUT2D eigenvalue weighted by Crippen LogP contribution is -2.45. The van der Waals surface area contributed by atoms with E-state index >= 15 is 0 Å². The average molecular weight is 462 g/mol. The van der Waals surface area contributed by atoms with Crippen LogP contribution in [0.3, 0.4) is 0 Å². The quantitative estimate of drug-likeness (QED) is 0.322. The number of hydrogen-bond acceptors (Lipinski definition) is 5. The molecule has 0 aromatic rings. The summed E-state index contributed by atoms with van der Waals surface area (Å²) in [5.74, 6) is 0.886. The van der Waals surface area contributed by atoms with Crippen molar-refractivity contribution >= 4 is 39.8 Å². The lowest BCUT2D eigenvalue weighted by atomic mass is 10.2. The number of ether oxygens (including phenoxy) is 1. The average Bonchev–Trinajstić information content (AvgIpc) is 2.42. The fourth-order valence-corrected chi connectivity index (χ4v) is 2.97. The highest BCUT2D eigenvalue weighted by atomic mass is 127. The van der Waals surface area contributed by atoms with E-state index in [-0.39, 0.29) is 41.9 Å². The second kappa shape index (κ2) is 11.4. The molecule has 9 heteroatoms. The molecule has 1 saturated heterocycles. The summed E-state index contributed by atoms with van der Waals surface area (Å²) in [5, 5.41) is 6.43. The molecular weight excluding hydrogens is 431 g/mol. The number of nitrogens with zero attached hydrogens (tertiary/aromatic N) is 2. The van der Waals surface area contributed by atoms with Crippen LogP contribution in [-0.4, -0.2) is 83.3 Å². The van der Waals surface area contributed by atoms with Crippen LogP contribution >= 0.6 is 24.0 Å². The zero-order chi connectivity index (χ0) is 16.6. The minimum Gasteiger partial charge on any atom is -0.374 e. The van der Waals surface area contributed by atoms with Crippen molar-refractivity contribution in [2.45, 2.75) is 32.4 Å². The first kappa shape index (κ1) is 22.9. The van der Waals surface area contributed by atoms with Gasteiger partial charge in [-0.1, -0.05) is 0 Å². The van der Waals surface area contributed by atoms with E-state index in [4.69, 9.17) is 4.74 Å². The molecule has 0 aliphatic carbocycles. The van der Waals surface area contributed by atoms with Gasteiger partial charge in [0.15, 0.2) is 5.96 Å². The zero-order valence-corrected chi connectivity index (χ0v) is 17.7. The molecule has 0 radical (unpaired) electrons. The van der Waals surface area contributed by atoms with Crippen molar-refractivity contribution < 1.29 is 13.2 Å². The molecule has 2 unspecified atom stereocenters. The maximum atomic E-state index is 11.2. The minimum atomic E-state index is -2.93. The van der Waals surface area contributed by atoms with Gasteiger partial charge in [-0.05, 0) is 27.3 Å². The molecule has 2 atom stereocenters. The maximum absolute atomic E-state index is 11.2. The van der Waals surface area contributed by atoms with Crippen molar-refractivity contribution in [2.75, 3.05) is 51.8 Å². The van der Waals surface area contributed by atoms with E-state index in [1.807, 2.05) is 13.8 Å². The zero-order valence-electron chi connectivity index (χ0n) is 14.5. The minimum absolute atomic E-state index is 0. The number of morpholine rings is 1. The summed E-state index contributed by atoms with van der Waals surface area (Å²) in [6, 6.07) is 0.0440. The van der Waals surface area contributed by atoms with E-state index in [0.29, 0.717) is 18.9 Å². The Morgan fingerprint density at radius 1 is 1.48 bits per heavy atom. The van der Waals surface area contributed by atoms with E-state index in [9.17, 15) is 8.42 Å². The van der Waals surface area contributed by atoms with Crippen molar-refractivity contribution in [1.29, 1.82) is 0 Å². The molecule has 0 amide bonds. The number of halogens is 1. The third kappa shape index (κ3) is 11.1. The summed E-state index contributed by atoms with van der Waals surface area (Å²) in [6.45, 7) is 7.90. The predicted molar refractivity (Wildman–Crippen MR) is 106 cm³/mol. The molecule has 7 nitrogen and oxygen atoms in total. The summed E-state index contributed by atoms with van der Waals surface area (Å²) in [5.41, 5.74) is 0. The summed E-state index contributed by atoms with van der Waals surface area (Å²) < 4.78 is 28.1. The van der Waals surface area contributed by atoms with Crippen LogP contribution in [0.5, 0.6) is 0 Å². The highest BCUT2D eigenvalue weighted by molar-refractivity contribution is 14.0. The van der Waals surface area contributed by atoms with Crippen molar-refractivity contribution in [1.82, 2.24) is 15.5 Å². The number of rotatable bonds is 7. The topological polar surface area (TPSA) is 83.0 Å². The smallest absolute Gasteiger partial charge is 0.191 e. The van der Waals surface area contributed by atoms with Crippen molar-refractivity contribution in [3.05, 3.63) is 0 Å². The maximum Gasteiger partial charge on any atom is 0.191 e. The van der Waals surface area contributed by atoms with Crippen LogP contribution in [0.2, 0.25) is 0 Å². The lowest BCUT2D eigenvalue weighted by Gasteiger charge is -2.29. The van der Waals surface area contributed by atoms with Crippen molar-refractivity contribution in [3.8, 4) is 0 Å². The van der Waals surface area contributed by atoms with Crippen LogP contribution < -0.4 is 10.6 Å². The fourth-order valence-electron chi connectivity index (χ4n) is 2.19. The van der Waals surface area contributed by atoms with Gasteiger partial charge in [-0.2, -0.15) is 0 Å². The number of aliphatic imine (C=N–C) groups is 1. The first-order valence-electron chi connectivity index (χ1n) is 7.83. The molecule has 0 bridgehead atoms. The SMILES string of the molecule is CCNC(=NCC1CN(C)CCO1)NC(C)CCS(C)(=O)=O.I. The molecule has 0 spiro atoms. The Labute approximate surface area is 157 Å².